The van der Waals surface area contributed by atoms with Crippen molar-refractivity contribution in [2.75, 3.05) is 31.7 Å². The molecule has 0 aromatic heterocycles. The monoisotopic (exact) mass is 263 g/mol. The van der Waals surface area contributed by atoms with Crippen LogP contribution in [0, 0.1) is 18.3 Å². The van der Waals surface area contributed by atoms with Crippen LogP contribution >= 0.6 is 0 Å². The Morgan fingerprint density at radius 1 is 1.42 bits per heavy atom. The van der Waals surface area contributed by atoms with E-state index in [2.05, 4.69) is 37.8 Å². The summed E-state index contributed by atoms with van der Waals surface area (Å²) >= 11 is 0. The number of piperidine rings is 1. The first kappa shape index (κ1) is 14.2. The number of aliphatic hydroxyl groups excluding tert-OH is 1. The molecule has 0 bridgehead atoms. The molecule has 1 aliphatic rings. The normalized spacial score (nSPS) is 22.4. The van der Waals surface area contributed by atoms with Crippen LogP contribution in [0.25, 0.3) is 0 Å². The predicted octanol–water partition coefficient (Wildman–Crippen LogP) is 2.85. The van der Waals surface area contributed by atoms with Gasteiger partial charge in [-0.15, -0.1) is 0 Å². The number of anilines is 1. The average Bonchev–Trinajstić information content (AvgIpc) is 2.38. The lowest BCUT2D eigenvalue weighted by molar-refractivity contribution is 0.0965. The van der Waals surface area contributed by atoms with Gasteiger partial charge in [0.2, 0.25) is 0 Å². The number of rotatable bonds is 3. The van der Waals surface area contributed by atoms with Gasteiger partial charge >= 0.3 is 0 Å². The van der Waals surface area contributed by atoms with Crippen LogP contribution in [0.15, 0.2) is 18.2 Å². The van der Waals surface area contributed by atoms with Gasteiger partial charge in [0.15, 0.2) is 0 Å². The summed E-state index contributed by atoms with van der Waals surface area (Å²) in [6.45, 7) is 8.75. The van der Waals surface area contributed by atoms with Crippen molar-refractivity contribution in [2.24, 2.45) is 11.3 Å². The highest BCUT2D eigenvalue weighted by Crippen LogP contribution is 2.39. The van der Waals surface area contributed by atoms with Crippen LogP contribution in [0.3, 0.4) is 0 Å². The SMILES string of the molecule is COc1ccc(C)cc1N1CCC(C)(C)C(CO)C1. The summed E-state index contributed by atoms with van der Waals surface area (Å²) in [5.74, 6) is 1.23. The van der Waals surface area contributed by atoms with E-state index in [-0.39, 0.29) is 12.0 Å². The molecule has 1 heterocycles. The van der Waals surface area contributed by atoms with E-state index in [1.165, 1.54) is 5.56 Å². The van der Waals surface area contributed by atoms with Gasteiger partial charge in [0, 0.05) is 25.6 Å². The van der Waals surface area contributed by atoms with Gasteiger partial charge in [-0.3, -0.25) is 0 Å². The number of aliphatic hydroxyl groups is 1. The molecule has 0 amide bonds. The van der Waals surface area contributed by atoms with Crippen LogP contribution in [-0.2, 0) is 0 Å². The lowest BCUT2D eigenvalue weighted by Crippen LogP contribution is -2.46. The Hall–Kier alpha value is -1.22. The molecule has 106 valence electrons. The third-order valence-corrected chi connectivity index (χ3v) is 4.47. The minimum absolute atomic E-state index is 0.211. The van der Waals surface area contributed by atoms with Crippen LogP contribution < -0.4 is 9.64 Å². The van der Waals surface area contributed by atoms with Gasteiger partial charge in [-0.2, -0.15) is 0 Å². The number of methoxy groups -OCH3 is 1. The number of ether oxygens (including phenoxy) is 1. The molecule has 1 aromatic carbocycles. The number of benzene rings is 1. The van der Waals surface area contributed by atoms with Crippen molar-refractivity contribution < 1.29 is 9.84 Å². The van der Waals surface area contributed by atoms with Crippen molar-refractivity contribution in [3.05, 3.63) is 23.8 Å². The highest BCUT2D eigenvalue weighted by atomic mass is 16.5. The molecule has 1 fully saturated rings. The van der Waals surface area contributed by atoms with Crippen molar-refractivity contribution >= 4 is 5.69 Å². The summed E-state index contributed by atoms with van der Waals surface area (Å²) in [5, 5.41) is 9.61. The molecule has 0 saturated carbocycles. The van der Waals surface area contributed by atoms with Crippen molar-refractivity contribution in [1.29, 1.82) is 0 Å². The standard InChI is InChI=1S/C16H25NO2/c1-12-5-6-15(19-4)14(9-12)17-8-7-16(2,3)13(10-17)11-18/h5-6,9,13,18H,7-8,10-11H2,1-4H3. The highest BCUT2D eigenvalue weighted by molar-refractivity contribution is 5.60. The van der Waals surface area contributed by atoms with Crippen LogP contribution in [0.2, 0.25) is 0 Å². The van der Waals surface area contributed by atoms with Crippen LogP contribution in [0.5, 0.6) is 5.75 Å². The van der Waals surface area contributed by atoms with Crippen LogP contribution in [-0.4, -0.2) is 31.9 Å². The zero-order valence-electron chi connectivity index (χ0n) is 12.4. The summed E-state index contributed by atoms with van der Waals surface area (Å²) in [6, 6.07) is 6.27. The second kappa shape index (κ2) is 5.41. The van der Waals surface area contributed by atoms with Gasteiger partial charge in [-0.25, -0.2) is 0 Å². The van der Waals surface area contributed by atoms with Crippen molar-refractivity contribution in [3.63, 3.8) is 0 Å². The predicted molar refractivity (Wildman–Crippen MR) is 78.9 cm³/mol. The summed E-state index contributed by atoms with van der Waals surface area (Å²) in [5.41, 5.74) is 2.60. The largest absolute Gasteiger partial charge is 0.495 e. The van der Waals surface area contributed by atoms with Gasteiger partial charge in [0.1, 0.15) is 5.75 Å². The molecule has 1 atom stereocenters. The molecule has 0 aliphatic carbocycles. The van der Waals surface area contributed by atoms with Gasteiger partial charge in [0.05, 0.1) is 12.8 Å². The van der Waals surface area contributed by atoms with E-state index in [1.54, 1.807) is 7.11 Å². The van der Waals surface area contributed by atoms with E-state index in [9.17, 15) is 5.11 Å². The summed E-state index contributed by atoms with van der Waals surface area (Å²) in [4.78, 5) is 2.35. The van der Waals surface area contributed by atoms with E-state index < -0.39 is 0 Å². The Morgan fingerprint density at radius 3 is 2.79 bits per heavy atom. The minimum Gasteiger partial charge on any atom is -0.495 e. The molecule has 2 rings (SSSR count). The van der Waals surface area contributed by atoms with Crippen LogP contribution in [0.4, 0.5) is 5.69 Å². The molecular weight excluding hydrogens is 238 g/mol. The van der Waals surface area contributed by atoms with Crippen molar-refractivity contribution in [3.8, 4) is 5.75 Å². The molecule has 1 saturated heterocycles. The lowest BCUT2D eigenvalue weighted by atomic mass is 9.73. The lowest BCUT2D eigenvalue weighted by Gasteiger charge is -2.44. The van der Waals surface area contributed by atoms with Gasteiger partial charge < -0.3 is 14.7 Å². The Morgan fingerprint density at radius 2 is 2.16 bits per heavy atom. The maximum atomic E-state index is 9.61. The van der Waals surface area contributed by atoms with Crippen LogP contribution in [0.1, 0.15) is 25.8 Å². The molecule has 1 N–H and O–H groups in total. The third kappa shape index (κ3) is 2.86. The molecule has 3 nitrogen and oxygen atoms in total. The van der Waals surface area contributed by atoms with Gasteiger partial charge in [-0.1, -0.05) is 19.9 Å². The first-order valence-corrected chi connectivity index (χ1v) is 6.98. The van der Waals surface area contributed by atoms with E-state index in [0.29, 0.717) is 5.92 Å². The maximum absolute atomic E-state index is 9.61. The average molecular weight is 263 g/mol. The highest BCUT2D eigenvalue weighted by Gasteiger charge is 2.35. The molecule has 1 unspecified atom stereocenters. The maximum Gasteiger partial charge on any atom is 0.142 e. The molecule has 1 aromatic rings. The fourth-order valence-corrected chi connectivity index (χ4v) is 2.80. The zero-order chi connectivity index (χ0) is 14.0. The topological polar surface area (TPSA) is 32.7 Å². The minimum atomic E-state index is 0.211. The second-order valence-corrected chi connectivity index (χ2v) is 6.24. The van der Waals surface area contributed by atoms with Crippen molar-refractivity contribution in [1.82, 2.24) is 0 Å². The third-order valence-electron chi connectivity index (χ3n) is 4.47. The Labute approximate surface area is 116 Å². The Bertz CT molecular complexity index is 442. The van der Waals surface area contributed by atoms with E-state index in [4.69, 9.17) is 4.74 Å². The zero-order valence-corrected chi connectivity index (χ0v) is 12.4. The van der Waals surface area contributed by atoms with Gasteiger partial charge in [0.25, 0.3) is 0 Å². The first-order valence-electron chi connectivity index (χ1n) is 6.98. The van der Waals surface area contributed by atoms with E-state index in [0.717, 1.165) is 30.9 Å². The molecular formula is C16H25NO2. The van der Waals surface area contributed by atoms with E-state index in [1.807, 2.05) is 6.07 Å². The fraction of sp³-hybridized carbons (Fsp3) is 0.625. The van der Waals surface area contributed by atoms with E-state index >= 15 is 0 Å². The smallest absolute Gasteiger partial charge is 0.142 e. The van der Waals surface area contributed by atoms with Gasteiger partial charge in [-0.05, 0) is 36.5 Å². The molecule has 0 spiro atoms. The number of nitrogens with zero attached hydrogens (tertiary/aromatic N) is 1. The second-order valence-electron chi connectivity index (χ2n) is 6.24. The fourth-order valence-electron chi connectivity index (χ4n) is 2.80. The summed E-state index contributed by atoms with van der Waals surface area (Å²) < 4.78 is 5.47. The molecule has 19 heavy (non-hydrogen) atoms. The number of hydrogen-bond donors (Lipinski definition) is 1. The quantitative estimate of drug-likeness (QED) is 0.910. The molecule has 3 heteroatoms. The van der Waals surface area contributed by atoms with Crippen molar-refractivity contribution in [2.45, 2.75) is 27.2 Å². The Balaban J connectivity index is 2.26. The number of aryl methyl sites for hydroxylation is 1. The summed E-state index contributed by atoms with van der Waals surface area (Å²) in [7, 11) is 1.71. The Kier molecular flexibility index (Phi) is 4.04. The first-order chi connectivity index (χ1) is 8.97. The number of hydrogen-bond acceptors (Lipinski definition) is 3. The molecule has 0 radical (unpaired) electrons. The molecule has 1 aliphatic heterocycles. The summed E-state index contributed by atoms with van der Waals surface area (Å²) in [6.07, 6.45) is 1.09.